The first-order valence-corrected chi connectivity index (χ1v) is 6.69. The van der Waals surface area contributed by atoms with Crippen molar-refractivity contribution < 1.29 is 34.1 Å². The summed E-state index contributed by atoms with van der Waals surface area (Å²) in [5.74, 6) is -2.20. The van der Waals surface area contributed by atoms with Crippen LogP contribution in [0.5, 0.6) is 0 Å². The number of aliphatic hydroxyl groups is 1. The molecule has 1 rings (SSSR count). The van der Waals surface area contributed by atoms with E-state index < -0.39 is 24.0 Å². The van der Waals surface area contributed by atoms with Crippen molar-refractivity contribution in [3.05, 3.63) is 35.4 Å². The number of aliphatic hydroxyl groups excluding tert-OH is 1. The van der Waals surface area contributed by atoms with E-state index in [1.807, 2.05) is 0 Å². The summed E-state index contributed by atoms with van der Waals surface area (Å²) in [6.07, 6.45) is -1.23. The standard InChI is InChI=1S/C12H14O4.C3H6O3/c1-3-15-11(13)9-7-5-6-8-10(9)12(14)16-4-2;1-2(4)3(5)6/h5-8H,3-4H2,1-2H3;2,4H,1H3,(H,5,6). The van der Waals surface area contributed by atoms with Crippen LogP contribution < -0.4 is 0 Å². The van der Waals surface area contributed by atoms with E-state index in [1.165, 1.54) is 6.92 Å². The molecule has 0 aliphatic rings. The van der Waals surface area contributed by atoms with Crippen molar-refractivity contribution in [2.75, 3.05) is 13.2 Å². The monoisotopic (exact) mass is 312 g/mol. The lowest BCUT2D eigenvalue weighted by Gasteiger charge is -2.07. The molecule has 122 valence electrons. The second kappa shape index (κ2) is 10.3. The highest BCUT2D eigenvalue weighted by Crippen LogP contribution is 2.11. The number of esters is 2. The Bertz CT molecular complexity index is 471. The molecule has 1 unspecified atom stereocenters. The van der Waals surface area contributed by atoms with E-state index in [2.05, 4.69) is 0 Å². The molecule has 0 bridgehead atoms. The Morgan fingerprint density at radius 2 is 1.32 bits per heavy atom. The Kier molecular flexibility index (Phi) is 9.20. The van der Waals surface area contributed by atoms with Crippen molar-refractivity contribution in [1.82, 2.24) is 0 Å². The molecule has 1 atom stereocenters. The number of aliphatic carboxylic acids is 1. The maximum Gasteiger partial charge on any atom is 0.338 e. The third-order valence-electron chi connectivity index (χ3n) is 2.28. The van der Waals surface area contributed by atoms with Crippen LogP contribution in [0.3, 0.4) is 0 Å². The SMILES string of the molecule is CC(O)C(=O)O.CCOC(=O)c1ccccc1C(=O)OCC. The number of carbonyl (C=O) groups excluding carboxylic acids is 2. The van der Waals surface area contributed by atoms with Crippen LogP contribution in [-0.4, -0.2) is 47.4 Å². The van der Waals surface area contributed by atoms with Crippen molar-refractivity contribution in [3.63, 3.8) is 0 Å². The first-order valence-electron chi connectivity index (χ1n) is 6.69. The molecule has 7 nitrogen and oxygen atoms in total. The average molecular weight is 312 g/mol. The van der Waals surface area contributed by atoms with Crippen molar-refractivity contribution in [2.24, 2.45) is 0 Å². The molecule has 0 saturated heterocycles. The van der Waals surface area contributed by atoms with Gasteiger partial charge in [0, 0.05) is 0 Å². The van der Waals surface area contributed by atoms with Crippen LogP contribution in [0.25, 0.3) is 0 Å². The fraction of sp³-hybridized carbons (Fsp3) is 0.400. The zero-order valence-electron chi connectivity index (χ0n) is 12.7. The summed E-state index contributed by atoms with van der Waals surface area (Å²) in [4.78, 5) is 32.5. The zero-order chi connectivity index (χ0) is 17.1. The highest BCUT2D eigenvalue weighted by Gasteiger charge is 2.17. The van der Waals surface area contributed by atoms with Gasteiger partial charge >= 0.3 is 17.9 Å². The lowest BCUT2D eigenvalue weighted by Crippen LogP contribution is -2.13. The predicted octanol–water partition coefficient (Wildman–Crippen LogP) is 1.49. The van der Waals surface area contributed by atoms with E-state index in [9.17, 15) is 14.4 Å². The largest absolute Gasteiger partial charge is 0.479 e. The highest BCUT2D eigenvalue weighted by atomic mass is 16.5. The second-order valence-electron chi connectivity index (χ2n) is 4.00. The molecule has 0 heterocycles. The second-order valence-corrected chi connectivity index (χ2v) is 4.00. The van der Waals surface area contributed by atoms with Crippen LogP contribution in [-0.2, 0) is 14.3 Å². The van der Waals surface area contributed by atoms with E-state index in [1.54, 1.807) is 38.1 Å². The van der Waals surface area contributed by atoms with Gasteiger partial charge in [-0.15, -0.1) is 0 Å². The minimum atomic E-state index is -1.23. The summed E-state index contributed by atoms with van der Waals surface area (Å²) in [7, 11) is 0. The molecule has 0 aliphatic heterocycles. The fourth-order valence-electron chi connectivity index (χ4n) is 1.26. The number of carboxylic acids is 1. The van der Waals surface area contributed by atoms with E-state index >= 15 is 0 Å². The maximum atomic E-state index is 11.5. The highest BCUT2D eigenvalue weighted by molar-refractivity contribution is 6.03. The van der Waals surface area contributed by atoms with Gasteiger partial charge in [-0.05, 0) is 32.9 Å². The lowest BCUT2D eigenvalue weighted by molar-refractivity contribution is -0.145. The molecule has 0 aliphatic carbocycles. The Hall–Kier alpha value is -2.41. The van der Waals surface area contributed by atoms with Crippen LogP contribution in [0.4, 0.5) is 0 Å². The third-order valence-corrected chi connectivity index (χ3v) is 2.28. The maximum absolute atomic E-state index is 11.5. The lowest BCUT2D eigenvalue weighted by atomic mass is 10.1. The normalized spacial score (nSPS) is 10.7. The van der Waals surface area contributed by atoms with Gasteiger partial charge in [-0.2, -0.15) is 0 Å². The zero-order valence-corrected chi connectivity index (χ0v) is 12.7. The van der Waals surface area contributed by atoms with Crippen LogP contribution in [0.1, 0.15) is 41.5 Å². The number of benzene rings is 1. The molecule has 2 N–H and O–H groups in total. The van der Waals surface area contributed by atoms with Gasteiger partial charge < -0.3 is 19.7 Å². The Balaban J connectivity index is 0.000000626. The average Bonchev–Trinajstić information content (AvgIpc) is 2.48. The molecule has 1 aromatic carbocycles. The van der Waals surface area contributed by atoms with Gasteiger partial charge in [0.05, 0.1) is 24.3 Å². The topological polar surface area (TPSA) is 110 Å². The van der Waals surface area contributed by atoms with Crippen LogP contribution in [0.2, 0.25) is 0 Å². The summed E-state index contributed by atoms with van der Waals surface area (Å²) >= 11 is 0. The molecule has 7 heteroatoms. The fourth-order valence-corrected chi connectivity index (χ4v) is 1.26. The number of ether oxygens (including phenoxy) is 2. The summed E-state index contributed by atoms with van der Waals surface area (Å²) in [5, 5.41) is 15.8. The summed E-state index contributed by atoms with van der Waals surface area (Å²) < 4.78 is 9.70. The number of hydrogen-bond donors (Lipinski definition) is 2. The van der Waals surface area contributed by atoms with Crippen molar-refractivity contribution in [1.29, 1.82) is 0 Å². The van der Waals surface area contributed by atoms with Crippen LogP contribution >= 0.6 is 0 Å². The summed E-state index contributed by atoms with van der Waals surface area (Å²) in [6, 6.07) is 6.44. The minimum absolute atomic E-state index is 0.239. The molecular formula is C15H20O7. The number of rotatable bonds is 5. The molecule has 0 fully saturated rings. The van der Waals surface area contributed by atoms with Gasteiger partial charge in [-0.25, -0.2) is 14.4 Å². The quantitative estimate of drug-likeness (QED) is 0.792. The molecule has 0 spiro atoms. The van der Waals surface area contributed by atoms with E-state index in [0.29, 0.717) is 0 Å². The van der Waals surface area contributed by atoms with Crippen molar-refractivity contribution in [2.45, 2.75) is 26.9 Å². The van der Waals surface area contributed by atoms with E-state index in [-0.39, 0.29) is 24.3 Å². The number of carbonyl (C=O) groups is 3. The first-order chi connectivity index (χ1) is 10.3. The van der Waals surface area contributed by atoms with Gasteiger partial charge in [0.1, 0.15) is 6.10 Å². The molecule has 0 saturated carbocycles. The Labute approximate surface area is 128 Å². The van der Waals surface area contributed by atoms with Gasteiger partial charge in [0.2, 0.25) is 0 Å². The van der Waals surface area contributed by atoms with Gasteiger partial charge in [0.25, 0.3) is 0 Å². The molecule has 0 amide bonds. The smallest absolute Gasteiger partial charge is 0.338 e. The molecule has 1 aromatic rings. The Morgan fingerprint density at radius 1 is 1.00 bits per heavy atom. The molecular weight excluding hydrogens is 292 g/mol. The predicted molar refractivity (Wildman–Crippen MR) is 77.7 cm³/mol. The minimum Gasteiger partial charge on any atom is -0.479 e. The Morgan fingerprint density at radius 3 is 1.55 bits per heavy atom. The van der Waals surface area contributed by atoms with E-state index in [4.69, 9.17) is 19.7 Å². The van der Waals surface area contributed by atoms with Crippen molar-refractivity contribution in [3.8, 4) is 0 Å². The van der Waals surface area contributed by atoms with Crippen molar-refractivity contribution >= 4 is 17.9 Å². The van der Waals surface area contributed by atoms with E-state index in [0.717, 1.165) is 0 Å². The summed E-state index contributed by atoms with van der Waals surface area (Å²) in [6.45, 7) is 5.17. The van der Waals surface area contributed by atoms with Gasteiger partial charge in [0.15, 0.2) is 0 Å². The summed E-state index contributed by atoms with van der Waals surface area (Å²) in [5.41, 5.74) is 0.477. The first kappa shape index (κ1) is 19.6. The molecule has 0 aromatic heterocycles. The number of hydrogen-bond acceptors (Lipinski definition) is 6. The van der Waals surface area contributed by atoms with Gasteiger partial charge in [-0.1, -0.05) is 12.1 Å². The molecule has 0 radical (unpaired) electrons. The van der Waals surface area contributed by atoms with Crippen LogP contribution in [0, 0.1) is 0 Å². The number of carboxylic acid groups (broad SMARTS) is 1. The molecule has 22 heavy (non-hydrogen) atoms. The van der Waals surface area contributed by atoms with Gasteiger partial charge in [-0.3, -0.25) is 0 Å². The third kappa shape index (κ3) is 6.85. The van der Waals surface area contributed by atoms with Crippen LogP contribution in [0.15, 0.2) is 24.3 Å².